The third kappa shape index (κ3) is 3.42. The Balaban J connectivity index is 1.66. The van der Waals surface area contributed by atoms with Crippen molar-refractivity contribution in [1.82, 2.24) is 4.98 Å². The zero-order valence-corrected chi connectivity index (χ0v) is 13.9. The molecule has 2 aromatic carbocycles. The van der Waals surface area contributed by atoms with Crippen LogP contribution >= 0.6 is 27.3 Å². The lowest BCUT2D eigenvalue weighted by atomic mass is 10.1. The van der Waals surface area contributed by atoms with Crippen LogP contribution in [0.2, 0.25) is 0 Å². The second kappa shape index (κ2) is 6.41. The molecule has 0 aliphatic carbocycles. The summed E-state index contributed by atoms with van der Waals surface area (Å²) in [4.78, 5) is 14.8. The Hall–Kier alpha value is -1.99. The minimum Gasteiger partial charge on any atom is -0.361 e. The van der Waals surface area contributed by atoms with Gasteiger partial charge >= 0.3 is 0 Å². The summed E-state index contributed by atoms with van der Waals surface area (Å²) < 4.78 is 1.89. The van der Waals surface area contributed by atoms with Crippen LogP contribution in [-0.4, -0.2) is 16.5 Å². The van der Waals surface area contributed by atoms with E-state index < -0.39 is 0 Å². The molecule has 7 heteroatoms. The summed E-state index contributed by atoms with van der Waals surface area (Å²) in [6.45, 7) is 0.767. The predicted octanol–water partition coefficient (Wildman–Crippen LogP) is 4.62. The first-order valence-corrected chi connectivity index (χ1v) is 8.26. The molecule has 0 saturated heterocycles. The van der Waals surface area contributed by atoms with Crippen molar-refractivity contribution in [3.63, 3.8) is 0 Å². The predicted molar refractivity (Wildman–Crippen MR) is 92.6 cm³/mol. The summed E-state index contributed by atoms with van der Waals surface area (Å²) in [6.07, 6.45) is 0.892. The number of aromatic nitrogens is 1. The number of hydrogen-bond acceptors (Lipinski definition) is 5. The fourth-order valence-electron chi connectivity index (χ4n) is 2.07. The molecule has 5 nitrogen and oxygen atoms in total. The second-order valence-electron chi connectivity index (χ2n) is 4.73. The molecule has 3 aromatic rings. The standard InChI is InChI=1S/C15H12BrN3O2S/c16-11-3-1-10(2-4-11)7-8-17-15-18-13-6-5-12(19(20)21)9-14(13)22-15/h1-6,9H,7-8H2,(H,17,18). The van der Waals surface area contributed by atoms with Gasteiger partial charge in [0.2, 0.25) is 0 Å². The highest BCUT2D eigenvalue weighted by molar-refractivity contribution is 9.10. The molecular formula is C15H12BrN3O2S. The van der Waals surface area contributed by atoms with Crippen LogP contribution in [0.5, 0.6) is 0 Å². The fourth-order valence-corrected chi connectivity index (χ4v) is 3.26. The Kier molecular flexibility index (Phi) is 4.35. The van der Waals surface area contributed by atoms with Gasteiger partial charge in [-0.3, -0.25) is 10.1 Å². The van der Waals surface area contributed by atoms with Crippen molar-refractivity contribution in [1.29, 1.82) is 0 Å². The van der Waals surface area contributed by atoms with Gasteiger partial charge in [-0.25, -0.2) is 4.98 Å². The Bertz CT molecular complexity index is 817. The highest BCUT2D eigenvalue weighted by atomic mass is 79.9. The second-order valence-corrected chi connectivity index (χ2v) is 6.68. The van der Waals surface area contributed by atoms with Crippen molar-refractivity contribution < 1.29 is 4.92 Å². The highest BCUT2D eigenvalue weighted by Gasteiger charge is 2.09. The molecule has 1 heterocycles. The highest BCUT2D eigenvalue weighted by Crippen LogP contribution is 2.29. The first kappa shape index (κ1) is 14.9. The fraction of sp³-hybridized carbons (Fsp3) is 0.133. The summed E-state index contributed by atoms with van der Waals surface area (Å²) in [5.41, 5.74) is 2.12. The van der Waals surface area contributed by atoms with Crippen LogP contribution in [0.25, 0.3) is 10.2 Å². The van der Waals surface area contributed by atoms with Crippen molar-refractivity contribution in [2.45, 2.75) is 6.42 Å². The van der Waals surface area contributed by atoms with Crippen molar-refractivity contribution in [2.75, 3.05) is 11.9 Å². The number of thiazole rings is 1. The van der Waals surface area contributed by atoms with E-state index in [-0.39, 0.29) is 10.6 Å². The van der Waals surface area contributed by atoms with Crippen molar-refractivity contribution >= 4 is 48.3 Å². The van der Waals surface area contributed by atoms with Crippen LogP contribution in [0.1, 0.15) is 5.56 Å². The molecule has 0 bridgehead atoms. The van der Waals surface area contributed by atoms with Crippen LogP contribution in [-0.2, 0) is 6.42 Å². The van der Waals surface area contributed by atoms with Gasteiger partial charge in [0.05, 0.1) is 15.1 Å². The van der Waals surface area contributed by atoms with Gasteiger partial charge in [0.1, 0.15) is 0 Å². The number of anilines is 1. The maximum atomic E-state index is 10.8. The van der Waals surface area contributed by atoms with E-state index in [0.717, 1.165) is 32.8 Å². The maximum absolute atomic E-state index is 10.8. The van der Waals surface area contributed by atoms with Crippen molar-refractivity contribution in [3.8, 4) is 0 Å². The molecule has 0 aliphatic rings. The average Bonchev–Trinajstić information content (AvgIpc) is 2.91. The molecule has 1 N–H and O–H groups in total. The van der Waals surface area contributed by atoms with E-state index in [0.29, 0.717) is 0 Å². The normalized spacial score (nSPS) is 10.8. The van der Waals surface area contributed by atoms with Crippen LogP contribution in [0, 0.1) is 10.1 Å². The number of nitro groups is 1. The third-order valence-electron chi connectivity index (χ3n) is 3.19. The summed E-state index contributed by atoms with van der Waals surface area (Å²) in [7, 11) is 0. The molecule has 1 aromatic heterocycles. The summed E-state index contributed by atoms with van der Waals surface area (Å²) in [6, 6.07) is 12.9. The number of rotatable bonds is 5. The lowest BCUT2D eigenvalue weighted by Crippen LogP contribution is -2.04. The quantitative estimate of drug-likeness (QED) is 0.520. The Labute approximate surface area is 139 Å². The molecule has 112 valence electrons. The largest absolute Gasteiger partial charge is 0.361 e. The van der Waals surface area contributed by atoms with Crippen LogP contribution < -0.4 is 5.32 Å². The number of fused-ring (bicyclic) bond motifs is 1. The van der Waals surface area contributed by atoms with Gasteiger partial charge in [-0.1, -0.05) is 39.4 Å². The number of nitro benzene ring substituents is 1. The van der Waals surface area contributed by atoms with E-state index in [4.69, 9.17) is 0 Å². The topological polar surface area (TPSA) is 68.1 Å². The molecular weight excluding hydrogens is 366 g/mol. The lowest BCUT2D eigenvalue weighted by molar-refractivity contribution is -0.384. The number of hydrogen-bond donors (Lipinski definition) is 1. The molecule has 0 amide bonds. The molecule has 22 heavy (non-hydrogen) atoms. The summed E-state index contributed by atoms with van der Waals surface area (Å²) in [5, 5.41) is 14.8. The van der Waals surface area contributed by atoms with Crippen LogP contribution in [0.3, 0.4) is 0 Å². The van der Waals surface area contributed by atoms with E-state index in [1.54, 1.807) is 12.1 Å². The zero-order valence-electron chi connectivity index (χ0n) is 11.5. The minimum absolute atomic E-state index is 0.0950. The van der Waals surface area contributed by atoms with E-state index in [1.807, 2.05) is 12.1 Å². The van der Waals surface area contributed by atoms with Gasteiger partial charge in [0.15, 0.2) is 5.13 Å². The molecule has 0 spiro atoms. The van der Waals surface area contributed by atoms with Crippen molar-refractivity contribution in [3.05, 3.63) is 62.6 Å². The SMILES string of the molecule is O=[N+]([O-])c1ccc2nc(NCCc3ccc(Br)cc3)sc2c1. The first-order chi connectivity index (χ1) is 10.6. The molecule has 0 unspecified atom stereocenters. The van der Waals surface area contributed by atoms with Gasteiger partial charge in [0.25, 0.3) is 5.69 Å². The Morgan fingerprint density at radius 1 is 1.23 bits per heavy atom. The van der Waals surface area contributed by atoms with Gasteiger partial charge in [-0.15, -0.1) is 0 Å². The maximum Gasteiger partial charge on any atom is 0.270 e. The number of halogens is 1. The van der Waals surface area contributed by atoms with Gasteiger partial charge in [0, 0.05) is 23.2 Å². The van der Waals surface area contributed by atoms with Crippen LogP contribution in [0.15, 0.2) is 46.9 Å². The molecule has 0 saturated carbocycles. The molecule has 0 fully saturated rings. The van der Waals surface area contributed by atoms with E-state index in [1.165, 1.54) is 23.0 Å². The number of nitrogens with zero attached hydrogens (tertiary/aromatic N) is 2. The summed E-state index contributed by atoms with van der Waals surface area (Å²) >= 11 is 4.85. The Morgan fingerprint density at radius 3 is 2.73 bits per heavy atom. The number of non-ortho nitro benzene ring substituents is 1. The summed E-state index contributed by atoms with van der Waals surface area (Å²) in [5.74, 6) is 0. The smallest absolute Gasteiger partial charge is 0.270 e. The van der Waals surface area contributed by atoms with Gasteiger partial charge in [-0.05, 0) is 30.2 Å². The number of nitrogens with one attached hydrogen (secondary N) is 1. The van der Waals surface area contributed by atoms with Crippen LogP contribution in [0.4, 0.5) is 10.8 Å². The lowest BCUT2D eigenvalue weighted by Gasteiger charge is -2.02. The van der Waals surface area contributed by atoms with E-state index in [9.17, 15) is 10.1 Å². The third-order valence-corrected chi connectivity index (χ3v) is 4.69. The molecule has 0 atom stereocenters. The average molecular weight is 378 g/mol. The molecule has 3 rings (SSSR count). The first-order valence-electron chi connectivity index (χ1n) is 6.65. The zero-order chi connectivity index (χ0) is 15.5. The van der Waals surface area contributed by atoms with E-state index >= 15 is 0 Å². The van der Waals surface area contributed by atoms with E-state index in [2.05, 4.69) is 38.4 Å². The van der Waals surface area contributed by atoms with Gasteiger partial charge < -0.3 is 5.32 Å². The molecule has 0 radical (unpaired) electrons. The Morgan fingerprint density at radius 2 is 2.00 bits per heavy atom. The minimum atomic E-state index is -0.389. The monoisotopic (exact) mass is 377 g/mol. The van der Waals surface area contributed by atoms with Gasteiger partial charge in [-0.2, -0.15) is 0 Å². The van der Waals surface area contributed by atoms with Crippen molar-refractivity contribution in [2.24, 2.45) is 0 Å². The number of benzene rings is 2. The molecule has 0 aliphatic heterocycles.